The van der Waals surface area contributed by atoms with Gasteiger partial charge in [-0.3, -0.25) is 4.79 Å². The van der Waals surface area contributed by atoms with E-state index in [0.717, 1.165) is 16.7 Å². The molecule has 0 unspecified atom stereocenters. The molecule has 1 aromatic carbocycles. The number of fused-ring (bicyclic) bond motifs is 1. The van der Waals surface area contributed by atoms with Crippen molar-refractivity contribution in [2.75, 3.05) is 18.8 Å². The number of hydrogen-bond acceptors (Lipinski definition) is 6. The monoisotopic (exact) mass is 444 g/mol. The first-order valence-corrected chi connectivity index (χ1v) is 12.3. The average molecular weight is 445 g/mol. The average Bonchev–Trinajstić information content (AvgIpc) is 3.14. The minimum Gasteiger partial charge on any atom is -0.308 e. The Balaban J connectivity index is 1.60. The first kappa shape index (κ1) is 21.6. The van der Waals surface area contributed by atoms with Crippen molar-refractivity contribution in [2.45, 2.75) is 52.5 Å². The van der Waals surface area contributed by atoms with Crippen molar-refractivity contribution in [3.8, 4) is 0 Å². The molecule has 0 atom stereocenters. The second kappa shape index (κ2) is 8.51. The largest absolute Gasteiger partial charge is 0.308 e. The Labute approximate surface area is 181 Å². The van der Waals surface area contributed by atoms with Crippen LogP contribution in [0, 0.1) is 13.8 Å². The van der Waals surface area contributed by atoms with Gasteiger partial charge in [0.25, 0.3) is 5.56 Å². The zero-order valence-corrected chi connectivity index (χ0v) is 18.9. The van der Waals surface area contributed by atoms with Gasteiger partial charge >= 0.3 is 0 Å². The van der Waals surface area contributed by atoms with Crippen molar-refractivity contribution in [1.29, 1.82) is 0 Å². The molecule has 1 aliphatic rings. The molecule has 10 heteroatoms. The molecule has 166 valence electrons. The molecule has 1 fully saturated rings. The highest BCUT2D eigenvalue weighted by Gasteiger charge is 2.29. The Bertz CT molecular complexity index is 1260. The summed E-state index contributed by atoms with van der Waals surface area (Å²) in [6.07, 6.45) is 1.84. The standard InChI is InChI=1S/C21H28N6O3S/c1-4-11-31(29,30)26-9-7-16(8-10-26)19-22-20-18(21(28)23-19)24-25-27(20)13-17-12-14(2)5-6-15(17)3/h5-6,12,16H,4,7-11,13H2,1-3H3,(H,22,23,28). The van der Waals surface area contributed by atoms with E-state index in [1.807, 2.05) is 20.8 Å². The van der Waals surface area contributed by atoms with Crippen LogP contribution in [0.2, 0.25) is 0 Å². The van der Waals surface area contributed by atoms with Gasteiger partial charge in [-0.2, -0.15) is 0 Å². The van der Waals surface area contributed by atoms with E-state index in [2.05, 4.69) is 33.5 Å². The van der Waals surface area contributed by atoms with Crippen LogP contribution >= 0.6 is 0 Å². The molecule has 1 saturated heterocycles. The lowest BCUT2D eigenvalue weighted by atomic mass is 9.97. The summed E-state index contributed by atoms with van der Waals surface area (Å²) in [7, 11) is -3.20. The summed E-state index contributed by atoms with van der Waals surface area (Å²) >= 11 is 0. The molecule has 0 spiro atoms. The maximum atomic E-state index is 12.6. The summed E-state index contributed by atoms with van der Waals surface area (Å²) in [5.74, 6) is 0.742. The molecule has 0 aliphatic carbocycles. The zero-order chi connectivity index (χ0) is 22.2. The van der Waals surface area contributed by atoms with Crippen molar-refractivity contribution in [1.82, 2.24) is 29.3 Å². The highest BCUT2D eigenvalue weighted by molar-refractivity contribution is 7.89. The number of sulfonamides is 1. The minimum absolute atomic E-state index is 0.00534. The molecular weight excluding hydrogens is 416 g/mol. The van der Waals surface area contributed by atoms with Crippen LogP contribution in [0.25, 0.3) is 11.2 Å². The number of nitrogens with zero attached hydrogens (tertiary/aromatic N) is 5. The number of hydrogen-bond donors (Lipinski definition) is 1. The first-order valence-electron chi connectivity index (χ1n) is 10.7. The van der Waals surface area contributed by atoms with E-state index < -0.39 is 10.0 Å². The van der Waals surface area contributed by atoms with Crippen LogP contribution in [0.15, 0.2) is 23.0 Å². The Kier molecular flexibility index (Phi) is 5.94. The van der Waals surface area contributed by atoms with Crippen LogP contribution in [0.1, 0.15) is 54.6 Å². The summed E-state index contributed by atoms with van der Waals surface area (Å²) in [5, 5.41) is 8.21. The van der Waals surface area contributed by atoms with Crippen LogP contribution in [-0.4, -0.2) is 56.5 Å². The molecule has 3 aromatic rings. The van der Waals surface area contributed by atoms with Gasteiger partial charge in [0, 0.05) is 19.0 Å². The van der Waals surface area contributed by atoms with Crippen LogP contribution in [0.5, 0.6) is 0 Å². The maximum Gasteiger partial charge on any atom is 0.281 e. The van der Waals surface area contributed by atoms with Gasteiger partial charge in [-0.25, -0.2) is 22.4 Å². The summed E-state index contributed by atoms with van der Waals surface area (Å²) < 4.78 is 27.9. The number of aromatic amines is 1. The van der Waals surface area contributed by atoms with E-state index in [1.54, 1.807) is 8.99 Å². The van der Waals surface area contributed by atoms with Gasteiger partial charge in [-0.1, -0.05) is 35.9 Å². The maximum absolute atomic E-state index is 12.6. The topological polar surface area (TPSA) is 114 Å². The fourth-order valence-corrected chi connectivity index (χ4v) is 5.65. The van der Waals surface area contributed by atoms with Crippen molar-refractivity contribution in [2.24, 2.45) is 0 Å². The lowest BCUT2D eigenvalue weighted by Gasteiger charge is -2.30. The molecule has 0 bridgehead atoms. The highest BCUT2D eigenvalue weighted by Crippen LogP contribution is 2.27. The van der Waals surface area contributed by atoms with Gasteiger partial charge < -0.3 is 4.98 Å². The predicted molar refractivity (Wildman–Crippen MR) is 119 cm³/mol. The number of aryl methyl sites for hydroxylation is 2. The quantitative estimate of drug-likeness (QED) is 0.623. The van der Waals surface area contributed by atoms with E-state index >= 15 is 0 Å². The second-order valence-corrected chi connectivity index (χ2v) is 10.4. The number of piperidine rings is 1. The lowest BCUT2D eigenvalue weighted by Crippen LogP contribution is -2.39. The van der Waals surface area contributed by atoms with Crippen LogP contribution < -0.4 is 5.56 Å². The first-order chi connectivity index (χ1) is 14.8. The Morgan fingerprint density at radius 3 is 2.65 bits per heavy atom. The number of nitrogens with one attached hydrogen (secondary N) is 1. The highest BCUT2D eigenvalue weighted by atomic mass is 32.2. The molecule has 0 radical (unpaired) electrons. The molecule has 31 heavy (non-hydrogen) atoms. The second-order valence-electron chi connectivity index (χ2n) is 8.29. The van der Waals surface area contributed by atoms with E-state index in [-0.39, 0.29) is 22.7 Å². The third-order valence-electron chi connectivity index (χ3n) is 5.91. The van der Waals surface area contributed by atoms with E-state index in [9.17, 15) is 13.2 Å². The molecule has 3 heterocycles. The lowest BCUT2D eigenvalue weighted by molar-refractivity contribution is 0.313. The van der Waals surface area contributed by atoms with E-state index in [0.29, 0.717) is 50.4 Å². The zero-order valence-electron chi connectivity index (χ0n) is 18.1. The fourth-order valence-electron chi connectivity index (χ4n) is 4.11. The summed E-state index contributed by atoms with van der Waals surface area (Å²) in [6.45, 7) is 7.30. The van der Waals surface area contributed by atoms with Crippen LogP contribution in [0.3, 0.4) is 0 Å². The Morgan fingerprint density at radius 2 is 1.94 bits per heavy atom. The minimum atomic E-state index is -3.20. The van der Waals surface area contributed by atoms with Crippen molar-refractivity contribution in [3.05, 3.63) is 51.1 Å². The molecule has 1 aliphatic heterocycles. The number of H-pyrrole nitrogens is 1. The van der Waals surface area contributed by atoms with Crippen molar-refractivity contribution < 1.29 is 8.42 Å². The van der Waals surface area contributed by atoms with Crippen LogP contribution in [0.4, 0.5) is 0 Å². The fraction of sp³-hybridized carbons (Fsp3) is 0.524. The smallest absolute Gasteiger partial charge is 0.281 e. The van der Waals surface area contributed by atoms with Gasteiger partial charge in [-0.15, -0.1) is 5.10 Å². The number of aromatic nitrogens is 5. The summed E-state index contributed by atoms with van der Waals surface area (Å²) in [6, 6.07) is 6.23. The normalized spacial score (nSPS) is 16.2. The number of rotatable bonds is 6. The van der Waals surface area contributed by atoms with Gasteiger partial charge in [0.05, 0.1) is 12.3 Å². The molecule has 9 nitrogen and oxygen atoms in total. The molecule has 0 amide bonds. The Hall–Kier alpha value is -2.59. The summed E-state index contributed by atoms with van der Waals surface area (Å²) in [5.41, 5.74) is 3.76. The van der Waals surface area contributed by atoms with Crippen molar-refractivity contribution >= 4 is 21.2 Å². The third-order valence-corrected chi connectivity index (χ3v) is 7.99. The molecule has 2 aromatic heterocycles. The van der Waals surface area contributed by atoms with Gasteiger partial charge in [0.2, 0.25) is 10.0 Å². The Morgan fingerprint density at radius 1 is 1.19 bits per heavy atom. The number of benzene rings is 1. The summed E-state index contributed by atoms with van der Waals surface area (Å²) in [4.78, 5) is 20.2. The molecular formula is C21H28N6O3S. The molecule has 1 N–H and O–H groups in total. The third kappa shape index (κ3) is 4.40. The van der Waals surface area contributed by atoms with E-state index in [4.69, 9.17) is 4.98 Å². The van der Waals surface area contributed by atoms with Gasteiger partial charge in [0.1, 0.15) is 5.82 Å². The SMILES string of the molecule is CCCS(=O)(=O)N1CCC(c2nc3c(nnn3Cc3cc(C)ccc3C)c(=O)[nH]2)CC1. The molecule has 0 saturated carbocycles. The van der Waals surface area contributed by atoms with Crippen molar-refractivity contribution in [3.63, 3.8) is 0 Å². The van der Waals surface area contributed by atoms with E-state index in [1.165, 1.54) is 0 Å². The predicted octanol–water partition coefficient (Wildman–Crippen LogP) is 2.10. The molecule has 4 rings (SSSR count). The van der Waals surface area contributed by atoms with Gasteiger partial charge in [-0.05, 0) is 44.2 Å². The van der Waals surface area contributed by atoms with Crippen LogP contribution in [-0.2, 0) is 16.6 Å². The van der Waals surface area contributed by atoms with Gasteiger partial charge in [0.15, 0.2) is 11.2 Å².